The first kappa shape index (κ1) is 42.3. The Labute approximate surface area is 334 Å². The molecule has 0 aliphatic heterocycles. The predicted molar refractivity (Wildman–Crippen MR) is 218 cm³/mol. The molecule has 0 radical (unpaired) electrons. The van der Waals surface area contributed by atoms with Crippen LogP contribution < -0.4 is 24.8 Å². The Balaban J connectivity index is 0.00000292. The van der Waals surface area contributed by atoms with Crippen molar-refractivity contribution in [3.05, 3.63) is 130 Å². The van der Waals surface area contributed by atoms with E-state index in [1.165, 1.54) is 33.4 Å². The quantitative estimate of drug-likeness (QED) is 0.136. The van der Waals surface area contributed by atoms with E-state index in [-0.39, 0.29) is 45.4 Å². The molecule has 0 spiro atoms. The predicted octanol–water partition coefficient (Wildman–Crippen LogP) is 8.76. The largest absolute Gasteiger partial charge is 1.00 e. The fourth-order valence-corrected chi connectivity index (χ4v) is 21.9. The number of halogens is 2. The van der Waals surface area contributed by atoms with Crippen LogP contribution in [0.25, 0.3) is 34.4 Å². The fraction of sp³-hybridized carbons (Fsp3) is 0.391. The van der Waals surface area contributed by atoms with E-state index in [2.05, 4.69) is 192 Å². The van der Waals surface area contributed by atoms with Gasteiger partial charge in [0.2, 0.25) is 0 Å². The molecule has 0 saturated carbocycles. The molecule has 0 N–H and O–H groups in total. The van der Waals surface area contributed by atoms with Crippen LogP contribution in [0.3, 0.4) is 0 Å². The maximum Gasteiger partial charge on any atom is -1.00 e. The molecule has 4 aromatic rings. The standard InChI is InChI=1S/2C23H28P.2ClH.Ti/c2*1-22(2,3)24(23(4,5)6)19-15-18-13-10-14-20(21(18)16-19)17-11-8-7-9-12-17;;;/h2*7-16H,1-6H3;2*1H;/q;;;;+2/p-2. The summed E-state index contributed by atoms with van der Waals surface area (Å²) in [6, 6.07) is 36.6. The zero-order valence-electron chi connectivity index (χ0n) is 32.7. The molecule has 2 unspecified atom stereocenters. The van der Waals surface area contributed by atoms with E-state index >= 15 is 0 Å². The number of fused-ring (bicyclic) bond motifs is 2. The third-order valence-electron chi connectivity index (χ3n) is 9.78. The molecule has 4 aromatic carbocycles. The van der Waals surface area contributed by atoms with E-state index in [0.29, 0.717) is 8.45 Å². The summed E-state index contributed by atoms with van der Waals surface area (Å²) in [4.78, 5) is 0. The van der Waals surface area contributed by atoms with Crippen LogP contribution in [0, 0.1) is 0 Å². The number of rotatable bonds is 6. The van der Waals surface area contributed by atoms with Gasteiger partial charge in [0.05, 0.1) is 0 Å². The second-order valence-electron chi connectivity index (χ2n) is 17.9. The van der Waals surface area contributed by atoms with Gasteiger partial charge in [0.15, 0.2) is 0 Å². The molecule has 0 saturated heterocycles. The first-order chi connectivity index (χ1) is 22.9. The Bertz CT molecular complexity index is 1720. The first-order valence-electron chi connectivity index (χ1n) is 18.0. The molecule has 2 aliphatic rings. The third-order valence-corrected chi connectivity index (χ3v) is 20.7. The summed E-state index contributed by atoms with van der Waals surface area (Å²) in [5, 5.41) is 4.31. The maximum atomic E-state index is 2.70. The average molecular weight is 790 g/mol. The van der Waals surface area contributed by atoms with Crippen LogP contribution >= 0.6 is 15.8 Å². The normalized spacial score (nSPS) is 17.2. The summed E-state index contributed by atoms with van der Waals surface area (Å²) in [6.07, 6.45) is 5.40. The van der Waals surface area contributed by atoms with Gasteiger partial charge in [-0.15, -0.1) is 0 Å². The average Bonchev–Trinajstić information content (AvgIpc) is 3.53. The summed E-state index contributed by atoms with van der Waals surface area (Å²) in [5.41, 5.74) is 11.6. The summed E-state index contributed by atoms with van der Waals surface area (Å²) in [6.45, 7) is 30.0. The topological polar surface area (TPSA) is 0 Å². The number of hydrogen-bond donors (Lipinski definition) is 0. The molecule has 0 aromatic heterocycles. The molecule has 51 heavy (non-hydrogen) atoms. The summed E-state index contributed by atoms with van der Waals surface area (Å²) >= 11 is -0.574. The Kier molecular flexibility index (Phi) is 13.0. The van der Waals surface area contributed by atoms with Crippen LogP contribution in [-0.4, -0.2) is 20.6 Å². The Morgan fingerprint density at radius 2 is 0.725 bits per heavy atom. The van der Waals surface area contributed by atoms with Gasteiger partial charge in [-0.25, -0.2) is 0 Å². The van der Waals surface area contributed by atoms with Gasteiger partial charge in [-0.3, -0.25) is 0 Å². The van der Waals surface area contributed by atoms with Crippen molar-refractivity contribution in [3.8, 4) is 22.3 Å². The van der Waals surface area contributed by atoms with Gasteiger partial charge in [0, 0.05) is 0 Å². The number of hydrogen-bond acceptors (Lipinski definition) is 0. The zero-order chi connectivity index (χ0) is 35.5. The van der Waals surface area contributed by atoms with Crippen molar-refractivity contribution < 1.29 is 44.0 Å². The minimum absolute atomic E-state index is 0. The van der Waals surface area contributed by atoms with Crippen molar-refractivity contribution in [1.29, 1.82) is 0 Å². The van der Waals surface area contributed by atoms with Gasteiger partial charge < -0.3 is 24.8 Å². The van der Waals surface area contributed by atoms with Crippen molar-refractivity contribution in [2.24, 2.45) is 0 Å². The zero-order valence-corrected chi connectivity index (χ0v) is 37.6. The van der Waals surface area contributed by atoms with Gasteiger partial charge in [-0.05, 0) is 0 Å². The van der Waals surface area contributed by atoms with E-state index in [9.17, 15) is 0 Å². The van der Waals surface area contributed by atoms with Crippen molar-refractivity contribution in [2.45, 2.75) is 112 Å². The maximum absolute atomic E-state index is 2.70. The summed E-state index contributed by atoms with van der Waals surface area (Å²) in [7, 11) is -0.874. The van der Waals surface area contributed by atoms with Crippen LogP contribution in [0.4, 0.5) is 0 Å². The molecule has 0 amide bonds. The van der Waals surface area contributed by atoms with Crippen molar-refractivity contribution in [2.75, 3.05) is 0 Å². The molecular formula is C46H56Cl2P2Ti. The van der Waals surface area contributed by atoms with Gasteiger partial charge in [0.1, 0.15) is 0 Å². The van der Waals surface area contributed by atoms with Crippen molar-refractivity contribution in [1.82, 2.24) is 0 Å². The number of allylic oxidation sites excluding steroid dienone is 2. The minimum atomic E-state index is -0.574. The van der Waals surface area contributed by atoms with E-state index in [1.807, 2.05) is 0 Å². The monoisotopic (exact) mass is 788 g/mol. The molecule has 0 fully saturated rings. The molecule has 0 heterocycles. The van der Waals surface area contributed by atoms with Crippen molar-refractivity contribution in [3.63, 3.8) is 0 Å². The molecule has 5 heteroatoms. The molecule has 0 nitrogen and oxygen atoms in total. The van der Waals surface area contributed by atoms with Gasteiger partial charge in [-0.1, -0.05) is 0 Å². The van der Waals surface area contributed by atoms with Crippen LogP contribution in [-0.2, 0) is 19.2 Å². The summed E-state index contributed by atoms with van der Waals surface area (Å²) in [5.74, 6) is 0. The van der Waals surface area contributed by atoms with Crippen LogP contribution in [0.15, 0.2) is 108 Å². The molecule has 2 aliphatic carbocycles. The van der Waals surface area contributed by atoms with Gasteiger partial charge in [0.25, 0.3) is 0 Å². The fourth-order valence-electron chi connectivity index (χ4n) is 8.98. The Hall–Kier alpha value is -1.49. The van der Waals surface area contributed by atoms with Crippen LogP contribution in [0.5, 0.6) is 0 Å². The van der Waals surface area contributed by atoms with Crippen LogP contribution in [0.1, 0.15) is 114 Å². The van der Waals surface area contributed by atoms with Gasteiger partial charge >= 0.3 is 312 Å². The van der Waals surface area contributed by atoms with Crippen LogP contribution in [0.2, 0.25) is 0 Å². The molecule has 0 bridgehead atoms. The molecule has 268 valence electrons. The summed E-state index contributed by atoms with van der Waals surface area (Å²) < 4.78 is 1.000. The van der Waals surface area contributed by atoms with E-state index in [1.54, 1.807) is 21.8 Å². The minimum Gasteiger partial charge on any atom is -1.00 e. The molecular weight excluding hydrogens is 733 g/mol. The Morgan fingerprint density at radius 3 is 1.02 bits per heavy atom. The second-order valence-corrected chi connectivity index (χ2v) is 27.9. The smallest absolute Gasteiger partial charge is 1.00 e. The van der Waals surface area contributed by atoms with E-state index in [4.69, 9.17) is 0 Å². The Morgan fingerprint density at radius 1 is 0.412 bits per heavy atom. The molecule has 6 rings (SSSR count). The third kappa shape index (κ3) is 8.59. The first-order valence-corrected chi connectivity index (χ1v) is 22.5. The number of benzene rings is 4. The molecule has 2 atom stereocenters. The second kappa shape index (κ2) is 15.7. The van der Waals surface area contributed by atoms with Crippen molar-refractivity contribution >= 4 is 28.0 Å². The van der Waals surface area contributed by atoms with Gasteiger partial charge in [-0.2, -0.15) is 0 Å². The van der Waals surface area contributed by atoms with E-state index < -0.39 is 35.0 Å². The SMILES string of the molecule is CC(C)(C)P(C1=Cc2c(-c3ccccc3)cccc2[CH]1[Ti+2][CH]1C(P(C(C)(C)C)C(C)(C)C)=Cc2c(-c3ccccc3)cccc21)C(C)(C)C.[Cl-].[Cl-]. The van der Waals surface area contributed by atoms with E-state index in [0.717, 1.165) is 0 Å².